The Morgan fingerprint density at radius 1 is 1.00 bits per heavy atom. The number of hydrogen-bond acceptors (Lipinski definition) is 3. The molecule has 154 valence electrons. The van der Waals surface area contributed by atoms with Gasteiger partial charge < -0.3 is 4.90 Å². The van der Waals surface area contributed by atoms with E-state index in [1.807, 2.05) is 24.3 Å². The molecule has 0 aromatic heterocycles. The lowest BCUT2D eigenvalue weighted by molar-refractivity contribution is 0.0985. The van der Waals surface area contributed by atoms with Crippen LogP contribution in [0.4, 0.5) is 11.4 Å². The van der Waals surface area contributed by atoms with Gasteiger partial charge in [-0.3, -0.25) is 9.52 Å². The molecule has 7 heteroatoms. The molecule has 0 radical (unpaired) electrons. The fraction of sp³-hybridized carbons (Fsp3) is 0.174. The van der Waals surface area contributed by atoms with Gasteiger partial charge >= 0.3 is 0 Å². The van der Waals surface area contributed by atoms with Crippen molar-refractivity contribution in [2.75, 3.05) is 16.2 Å². The summed E-state index contributed by atoms with van der Waals surface area (Å²) in [6.07, 6.45) is 1.71. The SMILES string of the molecule is O=C(c1ccccc1)N1CCCc2ccc(NS(=O)(=O)Cc3ccccc3Cl)cc21. The molecule has 3 aromatic rings. The molecule has 1 heterocycles. The van der Waals surface area contributed by atoms with Crippen LogP contribution in [0.2, 0.25) is 5.02 Å². The quantitative estimate of drug-likeness (QED) is 0.615. The smallest absolute Gasteiger partial charge is 0.258 e. The van der Waals surface area contributed by atoms with Crippen molar-refractivity contribution >= 4 is 38.9 Å². The summed E-state index contributed by atoms with van der Waals surface area (Å²) in [7, 11) is -3.66. The lowest BCUT2D eigenvalue weighted by atomic mass is 10.00. The second kappa shape index (κ2) is 8.50. The molecule has 0 saturated carbocycles. The molecular formula is C23H21ClN2O3S. The van der Waals surface area contributed by atoms with Gasteiger partial charge in [0.25, 0.3) is 5.91 Å². The van der Waals surface area contributed by atoms with Crippen LogP contribution in [0.15, 0.2) is 72.8 Å². The molecule has 0 aliphatic carbocycles. The molecule has 0 saturated heterocycles. The van der Waals surface area contributed by atoms with Crippen molar-refractivity contribution in [1.29, 1.82) is 0 Å². The van der Waals surface area contributed by atoms with Gasteiger partial charge in [0.15, 0.2) is 0 Å². The van der Waals surface area contributed by atoms with Gasteiger partial charge in [0.2, 0.25) is 10.0 Å². The third kappa shape index (κ3) is 4.50. The maximum absolute atomic E-state index is 13.0. The Kier molecular flexibility index (Phi) is 5.79. The van der Waals surface area contributed by atoms with E-state index in [1.54, 1.807) is 53.4 Å². The molecule has 30 heavy (non-hydrogen) atoms. The zero-order valence-corrected chi connectivity index (χ0v) is 17.8. The van der Waals surface area contributed by atoms with Crippen LogP contribution in [0.1, 0.15) is 27.9 Å². The third-order valence-corrected chi connectivity index (χ3v) is 6.65. The number of nitrogens with one attached hydrogen (secondary N) is 1. The van der Waals surface area contributed by atoms with Crippen molar-refractivity contribution in [2.45, 2.75) is 18.6 Å². The fourth-order valence-corrected chi connectivity index (χ4v) is 5.12. The summed E-state index contributed by atoms with van der Waals surface area (Å²) < 4.78 is 28.0. The van der Waals surface area contributed by atoms with Gasteiger partial charge in [-0.25, -0.2) is 8.42 Å². The van der Waals surface area contributed by atoms with Crippen molar-refractivity contribution in [3.05, 3.63) is 94.5 Å². The molecule has 1 aliphatic heterocycles. The molecule has 0 spiro atoms. The predicted molar refractivity (Wildman–Crippen MR) is 121 cm³/mol. The van der Waals surface area contributed by atoms with Gasteiger partial charge in [0.1, 0.15) is 0 Å². The number of sulfonamides is 1. The van der Waals surface area contributed by atoms with E-state index < -0.39 is 10.0 Å². The number of aryl methyl sites for hydroxylation is 1. The Hall–Kier alpha value is -2.83. The first-order valence-electron chi connectivity index (χ1n) is 9.67. The molecule has 5 nitrogen and oxygen atoms in total. The fourth-order valence-electron chi connectivity index (χ4n) is 3.62. The van der Waals surface area contributed by atoms with Crippen LogP contribution in [-0.4, -0.2) is 20.9 Å². The number of fused-ring (bicyclic) bond motifs is 1. The van der Waals surface area contributed by atoms with Gasteiger partial charge in [-0.2, -0.15) is 0 Å². The average Bonchev–Trinajstić information content (AvgIpc) is 2.74. The highest BCUT2D eigenvalue weighted by atomic mass is 35.5. The number of anilines is 2. The number of nitrogens with zero attached hydrogens (tertiary/aromatic N) is 1. The van der Waals surface area contributed by atoms with Crippen LogP contribution >= 0.6 is 11.6 Å². The number of carbonyl (C=O) groups is 1. The van der Waals surface area contributed by atoms with E-state index in [2.05, 4.69) is 4.72 Å². The zero-order valence-electron chi connectivity index (χ0n) is 16.2. The summed E-state index contributed by atoms with van der Waals surface area (Å²) >= 11 is 6.10. The summed E-state index contributed by atoms with van der Waals surface area (Å²) in [4.78, 5) is 14.7. The second-order valence-corrected chi connectivity index (χ2v) is 9.35. The molecule has 0 unspecified atom stereocenters. The molecule has 1 N–H and O–H groups in total. The molecule has 0 bridgehead atoms. The lowest BCUT2D eigenvalue weighted by Crippen LogP contribution is -2.35. The molecule has 0 atom stereocenters. The Morgan fingerprint density at radius 2 is 1.73 bits per heavy atom. The summed E-state index contributed by atoms with van der Waals surface area (Å²) in [5.41, 5.74) is 3.33. The van der Waals surface area contributed by atoms with Crippen molar-refractivity contribution in [1.82, 2.24) is 0 Å². The maximum atomic E-state index is 13.0. The van der Waals surface area contributed by atoms with Gasteiger partial charge in [0.05, 0.1) is 11.4 Å². The van der Waals surface area contributed by atoms with Gasteiger partial charge in [-0.1, -0.05) is 54.1 Å². The predicted octanol–water partition coefficient (Wildman–Crippen LogP) is 4.87. The summed E-state index contributed by atoms with van der Waals surface area (Å²) in [6, 6.07) is 21.3. The van der Waals surface area contributed by atoms with E-state index >= 15 is 0 Å². The Labute approximate surface area is 181 Å². The number of rotatable bonds is 5. The molecule has 4 rings (SSSR count). The Bertz CT molecular complexity index is 1180. The third-order valence-electron chi connectivity index (χ3n) is 5.05. The average molecular weight is 441 g/mol. The summed E-state index contributed by atoms with van der Waals surface area (Å²) in [5, 5.41) is 0.410. The van der Waals surface area contributed by atoms with E-state index in [0.29, 0.717) is 28.4 Å². The molecule has 1 amide bonds. The highest BCUT2D eigenvalue weighted by Crippen LogP contribution is 2.32. The van der Waals surface area contributed by atoms with E-state index in [9.17, 15) is 13.2 Å². The maximum Gasteiger partial charge on any atom is 0.258 e. The van der Waals surface area contributed by atoms with E-state index in [-0.39, 0.29) is 11.7 Å². The molecular weight excluding hydrogens is 420 g/mol. The van der Waals surface area contributed by atoms with Crippen molar-refractivity contribution < 1.29 is 13.2 Å². The van der Waals surface area contributed by atoms with Crippen LogP contribution in [0.3, 0.4) is 0 Å². The number of halogens is 1. The van der Waals surface area contributed by atoms with Crippen LogP contribution in [-0.2, 0) is 22.2 Å². The minimum absolute atomic E-state index is 0.0902. The first kappa shape index (κ1) is 20.4. The van der Waals surface area contributed by atoms with E-state index in [1.165, 1.54) is 0 Å². The van der Waals surface area contributed by atoms with Gasteiger partial charge in [0, 0.05) is 22.8 Å². The normalized spacial score (nSPS) is 13.6. The van der Waals surface area contributed by atoms with Crippen molar-refractivity contribution in [2.24, 2.45) is 0 Å². The molecule has 3 aromatic carbocycles. The number of hydrogen-bond donors (Lipinski definition) is 1. The number of amides is 1. The van der Waals surface area contributed by atoms with Crippen LogP contribution in [0.25, 0.3) is 0 Å². The molecule has 1 aliphatic rings. The Morgan fingerprint density at radius 3 is 2.50 bits per heavy atom. The first-order chi connectivity index (χ1) is 14.4. The van der Waals surface area contributed by atoms with Crippen LogP contribution in [0.5, 0.6) is 0 Å². The van der Waals surface area contributed by atoms with Gasteiger partial charge in [-0.15, -0.1) is 0 Å². The van der Waals surface area contributed by atoms with Crippen molar-refractivity contribution in [3.8, 4) is 0 Å². The standard InChI is InChI=1S/C23H21ClN2O3S/c24-21-11-5-4-9-19(21)16-30(28,29)25-20-13-12-17-10-6-14-26(22(17)15-20)23(27)18-7-2-1-3-8-18/h1-5,7-9,11-13,15,25H,6,10,14,16H2. The van der Waals surface area contributed by atoms with E-state index in [4.69, 9.17) is 11.6 Å². The van der Waals surface area contributed by atoms with Crippen LogP contribution in [0, 0.1) is 0 Å². The topological polar surface area (TPSA) is 66.5 Å². The van der Waals surface area contributed by atoms with Crippen LogP contribution < -0.4 is 9.62 Å². The van der Waals surface area contributed by atoms with Gasteiger partial charge in [-0.05, 0) is 54.3 Å². The zero-order chi connectivity index (χ0) is 21.1. The van der Waals surface area contributed by atoms with E-state index in [0.717, 1.165) is 24.1 Å². The largest absolute Gasteiger partial charge is 0.308 e. The summed E-state index contributed by atoms with van der Waals surface area (Å²) in [6.45, 7) is 0.594. The van der Waals surface area contributed by atoms with Crippen molar-refractivity contribution in [3.63, 3.8) is 0 Å². The minimum Gasteiger partial charge on any atom is -0.308 e. The number of benzene rings is 3. The second-order valence-electron chi connectivity index (χ2n) is 7.22. The highest BCUT2D eigenvalue weighted by Gasteiger charge is 2.24. The first-order valence-corrected chi connectivity index (χ1v) is 11.7. The monoisotopic (exact) mass is 440 g/mol. The Balaban J connectivity index is 1.60. The lowest BCUT2D eigenvalue weighted by Gasteiger charge is -2.30. The minimum atomic E-state index is -3.66. The molecule has 0 fully saturated rings. The highest BCUT2D eigenvalue weighted by molar-refractivity contribution is 7.91. The summed E-state index contributed by atoms with van der Waals surface area (Å²) in [5.74, 6) is -0.316. The number of carbonyl (C=O) groups excluding carboxylic acids is 1.